The number of carbonyl (C=O) groups is 2. The summed E-state index contributed by atoms with van der Waals surface area (Å²) in [4.78, 5) is 25.2. The molecule has 0 saturated heterocycles. The van der Waals surface area contributed by atoms with Gasteiger partial charge in [-0.3, -0.25) is 9.59 Å². The van der Waals surface area contributed by atoms with E-state index in [2.05, 4.69) is 24.5 Å². The van der Waals surface area contributed by atoms with Crippen LogP contribution in [0.1, 0.15) is 49.2 Å². The largest absolute Gasteiger partial charge is 0.326 e. The number of rotatable bonds is 8. The van der Waals surface area contributed by atoms with Gasteiger partial charge in [-0.05, 0) is 42.5 Å². The lowest BCUT2D eigenvalue weighted by atomic mass is 9.97. The van der Waals surface area contributed by atoms with Crippen LogP contribution in [0.4, 0.5) is 11.4 Å². The van der Waals surface area contributed by atoms with Crippen LogP contribution in [0.15, 0.2) is 41.8 Å². The van der Waals surface area contributed by atoms with Crippen molar-refractivity contribution in [2.45, 2.75) is 39.5 Å². The molecular weight excluding hydrogens is 320 g/mol. The Hall–Kier alpha value is -2.14. The zero-order valence-electron chi connectivity index (χ0n) is 14.2. The standard InChI is InChI=1S/C19H24N2O2S/c1-3-7-14(8-4-2)18(22)20-15-9-5-10-16(13-15)21-19(23)17-11-6-12-24-17/h5-6,9-14H,3-4,7-8H2,1-2H3,(H,20,22)(H,21,23). The molecule has 0 aliphatic rings. The van der Waals surface area contributed by atoms with Crippen LogP contribution >= 0.6 is 11.3 Å². The molecular formula is C19H24N2O2S. The Morgan fingerprint density at radius 2 is 1.67 bits per heavy atom. The SMILES string of the molecule is CCCC(CCC)C(=O)Nc1cccc(NC(=O)c2cccs2)c1. The predicted molar refractivity (Wildman–Crippen MR) is 101 cm³/mol. The van der Waals surface area contributed by atoms with Gasteiger partial charge < -0.3 is 10.6 Å². The number of anilines is 2. The molecule has 24 heavy (non-hydrogen) atoms. The average Bonchev–Trinajstić information content (AvgIpc) is 3.09. The topological polar surface area (TPSA) is 58.2 Å². The van der Waals surface area contributed by atoms with Crippen LogP contribution in [0.3, 0.4) is 0 Å². The van der Waals surface area contributed by atoms with Crippen molar-refractivity contribution in [1.29, 1.82) is 0 Å². The maximum atomic E-state index is 12.4. The summed E-state index contributed by atoms with van der Waals surface area (Å²) >= 11 is 1.40. The average molecular weight is 344 g/mol. The summed E-state index contributed by atoms with van der Waals surface area (Å²) in [6.07, 6.45) is 3.78. The first-order chi connectivity index (χ1) is 11.6. The fourth-order valence-electron chi connectivity index (χ4n) is 2.62. The maximum Gasteiger partial charge on any atom is 0.265 e. The van der Waals surface area contributed by atoms with E-state index in [1.165, 1.54) is 11.3 Å². The van der Waals surface area contributed by atoms with E-state index in [0.29, 0.717) is 16.3 Å². The van der Waals surface area contributed by atoms with Gasteiger partial charge in [-0.15, -0.1) is 11.3 Å². The van der Waals surface area contributed by atoms with Crippen LogP contribution in [-0.4, -0.2) is 11.8 Å². The summed E-state index contributed by atoms with van der Waals surface area (Å²) in [5.41, 5.74) is 1.38. The number of carbonyl (C=O) groups excluding carboxylic acids is 2. The minimum Gasteiger partial charge on any atom is -0.326 e. The summed E-state index contributed by atoms with van der Waals surface area (Å²) in [6, 6.07) is 10.9. The second kappa shape index (κ2) is 9.23. The lowest BCUT2D eigenvalue weighted by molar-refractivity contribution is -0.120. The zero-order valence-corrected chi connectivity index (χ0v) is 15.0. The number of nitrogens with one attached hydrogen (secondary N) is 2. The van der Waals surface area contributed by atoms with Crippen LogP contribution in [0.2, 0.25) is 0 Å². The molecule has 4 nitrogen and oxygen atoms in total. The van der Waals surface area contributed by atoms with Crippen LogP contribution in [0, 0.1) is 5.92 Å². The number of amides is 2. The third-order valence-corrected chi connectivity index (χ3v) is 4.65. The maximum absolute atomic E-state index is 12.4. The van der Waals surface area contributed by atoms with Crippen molar-refractivity contribution in [3.05, 3.63) is 46.7 Å². The fourth-order valence-corrected chi connectivity index (χ4v) is 3.24. The van der Waals surface area contributed by atoms with Crippen molar-refractivity contribution in [2.75, 3.05) is 10.6 Å². The van der Waals surface area contributed by atoms with Crippen LogP contribution in [-0.2, 0) is 4.79 Å². The Balaban J connectivity index is 2.01. The Morgan fingerprint density at radius 3 is 2.25 bits per heavy atom. The van der Waals surface area contributed by atoms with E-state index in [0.717, 1.165) is 25.7 Å². The highest BCUT2D eigenvalue weighted by Crippen LogP contribution is 2.20. The van der Waals surface area contributed by atoms with Gasteiger partial charge in [0.25, 0.3) is 5.91 Å². The van der Waals surface area contributed by atoms with Crippen LogP contribution < -0.4 is 10.6 Å². The highest BCUT2D eigenvalue weighted by molar-refractivity contribution is 7.12. The summed E-state index contributed by atoms with van der Waals surface area (Å²) in [6.45, 7) is 4.19. The molecule has 1 aromatic carbocycles. The van der Waals surface area contributed by atoms with Gasteiger partial charge in [0.2, 0.25) is 5.91 Å². The molecule has 0 aliphatic heterocycles. The Morgan fingerprint density at radius 1 is 1.00 bits per heavy atom. The summed E-state index contributed by atoms with van der Waals surface area (Å²) in [5, 5.41) is 7.70. The molecule has 2 aromatic rings. The van der Waals surface area contributed by atoms with Crippen molar-refractivity contribution >= 4 is 34.5 Å². The van der Waals surface area contributed by atoms with E-state index in [-0.39, 0.29) is 17.7 Å². The third kappa shape index (κ3) is 5.20. The van der Waals surface area contributed by atoms with Gasteiger partial charge in [0, 0.05) is 17.3 Å². The molecule has 5 heteroatoms. The molecule has 0 saturated carbocycles. The van der Waals surface area contributed by atoms with Crippen LogP contribution in [0.5, 0.6) is 0 Å². The molecule has 0 radical (unpaired) electrons. The van der Waals surface area contributed by atoms with Crippen molar-refractivity contribution in [3.63, 3.8) is 0 Å². The molecule has 2 amide bonds. The minimum atomic E-state index is -0.136. The van der Waals surface area contributed by atoms with E-state index in [9.17, 15) is 9.59 Å². The highest BCUT2D eigenvalue weighted by Gasteiger charge is 2.16. The Bertz CT molecular complexity index is 662. The zero-order chi connectivity index (χ0) is 17.4. The monoisotopic (exact) mass is 344 g/mol. The second-order valence-electron chi connectivity index (χ2n) is 5.78. The molecule has 1 aromatic heterocycles. The molecule has 0 bridgehead atoms. The van der Waals surface area contributed by atoms with Crippen LogP contribution in [0.25, 0.3) is 0 Å². The van der Waals surface area contributed by atoms with Gasteiger partial charge >= 0.3 is 0 Å². The number of benzene rings is 1. The van der Waals surface area contributed by atoms with Gasteiger partial charge in [-0.25, -0.2) is 0 Å². The first kappa shape index (κ1) is 18.2. The van der Waals surface area contributed by atoms with Gasteiger partial charge in [-0.1, -0.05) is 38.8 Å². The molecule has 0 atom stereocenters. The van der Waals surface area contributed by atoms with Gasteiger partial charge in [0.1, 0.15) is 0 Å². The Labute approximate surface area is 147 Å². The molecule has 0 unspecified atom stereocenters. The van der Waals surface area contributed by atoms with Gasteiger partial charge in [-0.2, -0.15) is 0 Å². The van der Waals surface area contributed by atoms with E-state index in [1.54, 1.807) is 12.1 Å². The summed E-state index contributed by atoms with van der Waals surface area (Å²) < 4.78 is 0. The summed E-state index contributed by atoms with van der Waals surface area (Å²) in [7, 11) is 0. The molecule has 0 fully saturated rings. The fraction of sp³-hybridized carbons (Fsp3) is 0.368. The number of hydrogen-bond donors (Lipinski definition) is 2. The number of thiophene rings is 1. The van der Waals surface area contributed by atoms with E-state index >= 15 is 0 Å². The van der Waals surface area contributed by atoms with E-state index in [4.69, 9.17) is 0 Å². The first-order valence-electron chi connectivity index (χ1n) is 8.39. The first-order valence-corrected chi connectivity index (χ1v) is 9.27. The van der Waals surface area contributed by atoms with Crippen molar-refractivity contribution in [2.24, 2.45) is 5.92 Å². The van der Waals surface area contributed by atoms with Gasteiger partial charge in [0.05, 0.1) is 4.88 Å². The second-order valence-corrected chi connectivity index (χ2v) is 6.72. The minimum absolute atomic E-state index is 0.0457. The third-order valence-electron chi connectivity index (χ3n) is 3.78. The van der Waals surface area contributed by atoms with Crippen molar-refractivity contribution in [1.82, 2.24) is 0 Å². The van der Waals surface area contributed by atoms with E-state index < -0.39 is 0 Å². The molecule has 2 N–H and O–H groups in total. The van der Waals surface area contributed by atoms with Crippen molar-refractivity contribution < 1.29 is 9.59 Å². The number of hydrogen-bond acceptors (Lipinski definition) is 3. The molecule has 0 spiro atoms. The lowest BCUT2D eigenvalue weighted by Gasteiger charge is -2.15. The smallest absolute Gasteiger partial charge is 0.265 e. The van der Waals surface area contributed by atoms with Crippen molar-refractivity contribution in [3.8, 4) is 0 Å². The lowest BCUT2D eigenvalue weighted by Crippen LogP contribution is -2.22. The molecule has 1 heterocycles. The normalized spacial score (nSPS) is 10.6. The molecule has 2 rings (SSSR count). The Kier molecular flexibility index (Phi) is 7.00. The van der Waals surface area contributed by atoms with E-state index in [1.807, 2.05) is 29.6 Å². The quantitative estimate of drug-likeness (QED) is 0.695. The molecule has 0 aliphatic carbocycles. The summed E-state index contributed by atoms with van der Waals surface area (Å²) in [5.74, 6) is -0.0341. The molecule has 128 valence electrons. The van der Waals surface area contributed by atoms with Gasteiger partial charge in [0.15, 0.2) is 0 Å². The predicted octanol–water partition coefficient (Wildman–Crippen LogP) is 5.16. The highest BCUT2D eigenvalue weighted by atomic mass is 32.1.